The molecule has 1 aliphatic rings. The second-order valence-electron chi connectivity index (χ2n) is 7.70. The third-order valence-corrected chi connectivity index (χ3v) is 6.96. The van der Waals surface area contributed by atoms with Crippen LogP contribution in [0.15, 0.2) is 61.9 Å². The van der Waals surface area contributed by atoms with Crippen LogP contribution in [0.1, 0.15) is 31.0 Å². The fourth-order valence-corrected chi connectivity index (χ4v) is 5.39. The number of methoxy groups -OCH3 is 1. The van der Waals surface area contributed by atoms with Gasteiger partial charge in [0.2, 0.25) is 5.75 Å². The summed E-state index contributed by atoms with van der Waals surface area (Å²) in [7, 11) is 1.54. The summed E-state index contributed by atoms with van der Waals surface area (Å²) in [5, 5.41) is 21.7. The topological polar surface area (TPSA) is 133 Å². The Hall–Kier alpha value is -3.77. The fraction of sp³-hybridized carbons (Fsp3) is 0.208. The normalized spacial score (nSPS) is 15.3. The molecular formula is C24H20BrN3O7S. The molecule has 3 aromatic rings. The van der Waals surface area contributed by atoms with Gasteiger partial charge in [-0.15, -0.1) is 0 Å². The molecule has 0 radical (unpaired) electrons. The van der Waals surface area contributed by atoms with Gasteiger partial charge < -0.3 is 14.6 Å². The first-order valence-electron chi connectivity index (χ1n) is 10.7. The molecule has 0 saturated heterocycles. The lowest BCUT2D eigenvalue weighted by atomic mass is 9.96. The number of aromatic nitrogens is 1. The van der Waals surface area contributed by atoms with Crippen LogP contribution in [0.4, 0.5) is 5.69 Å². The summed E-state index contributed by atoms with van der Waals surface area (Å²) in [6.45, 7) is 3.51. The van der Waals surface area contributed by atoms with E-state index in [1.165, 1.54) is 29.9 Å². The minimum Gasteiger partial charge on any atom is -0.502 e. The van der Waals surface area contributed by atoms with E-state index >= 15 is 0 Å². The van der Waals surface area contributed by atoms with E-state index in [1.807, 2.05) is 0 Å². The Morgan fingerprint density at radius 3 is 2.64 bits per heavy atom. The molecule has 2 heterocycles. The number of aromatic hydroxyl groups is 1. The first-order valence-corrected chi connectivity index (χ1v) is 12.3. The highest BCUT2D eigenvalue weighted by Crippen LogP contribution is 2.34. The van der Waals surface area contributed by atoms with Crippen LogP contribution in [0, 0.1) is 10.1 Å². The van der Waals surface area contributed by atoms with Gasteiger partial charge in [-0.05, 0) is 43.7 Å². The number of phenols is 1. The third kappa shape index (κ3) is 4.56. The standard InChI is InChI=1S/C24H20BrN3O7S/c1-4-35-23(31)19-12(2)26-24-27(20(19)13-5-7-16(34-3)8-6-13)22(30)18(36-24)10-14-9-15(25)11-17(21(14)29)28(32)33/h5-11,20,29H,4H2,1-3H3/b18-10-. The minimum atomic E-state index is -0.821. The zero-order chi connectivity index (χ0) is 26.1. The maximum atomic E-state index is 13.6. The first-order chi connectivity index (χ1) is 17.2. The SMILES string of the molecule is CCOC(=O)C1=C(C)N=c2s/c(=C\c3cc(Br)cc([N+](=O)[O-])c3O)c(=O)n2C1c1ccc(OC)cc1. The van der Waals surface area contributed by atoms with Gasteiger partial charge in [-0.3, -0.25) is 19.5 Å². The molecule has 4 rings (SSSR count). The molecule has 0 amide bonds. The van der Waals surface area contributed by atoms with Gasteiger partial charge in [-0.25, -0.2) is 9.79 Å². The highest BCUT2D eigenvalue weighted by Gasteiger charge is 2.33. The Morgan fingerprint density at radius 1 is 1.33 bits per heavy atom. The average molecular weight is 574 g/mol. The van der Waals surface area contributed by atoms with Crippen molar-refractivity contribution in [3.63, 3.8) is 0 Å². The molecule has 1 unspecified atom stereocenters. The van der Waals surface area contributed by atoms with E-state index in [1.54, 1.807) is 38.1 Å². The Kier molecular flexibility index (Phi) is 7.09. The summed E-state index contributed by atoms with van der Waals surface area (Å²) in [5.41, 5.74) is 0.381. The number of benzene rings is 2. The maximum absolute atomic E-state index is 13.6. The summed E-state index contributed by atoms with van der Waals surface area (Å²) in [6.07, 6.45) is 1.37. The molecule has 1 atom stereocenters. The number of nitrogens with zero attached hydrogens (tertiary/aromatic N) is 3. The predicted octanol–water partition coefficient (Wildman–Crippen LogP) is 3.18. The lowest BCUT2D eigenvalue weighted by molar-refractivity contribution is -0.385. The number of nitro groups is 1. The maximum Gasteiger partial charge on any atom is 0.338 e. The number of carbonyl (C=O) groups is 1. The predicted molar refractivity (Wildman–Crippen MR) is 136 cm³/mol. The number of fused-ring (bicyclic) bond motifs is 1. The smallest absolute Gasteiger partial charge is 0.338 e. The van der Waals surface area contributed by atoms with Crippen LogP contribution in [0.2, 0.25) is 0 Å². The number of hydrogen-bond donors (Lipinski definition) is 1. The molecule has 1 N–H and O–H groups in total. The van der Waals surface area contributed by atoms with Crippen LogP contribution < -0.4 is 19.6 Å². The minimum absolute atomic E-state index is 0.0867. The fourth-order valence-electron chi connectivity index (χ4n) is 3.89. The van der Waals surface area contributed by atoms with Gasteiger partial charge in [-0.1, -0.05) is 39.4 Å². The molecule has 0 fully saturated rings. The van der Waals surface area contributed by atoms with Crippen molar-refractivity contribution in [3.05, 3.63) is 93.1 Å². The van der Waals surface area contributed by atoms with Crippen molar-refractivity contribution >= 4 is 45.0 Å². The third-order valence-electron chi connectivity index (χ3n) is 5.52. The molecule has 2 aromatic carbocycles. The number of carbonyl (C=O) groups excluding carboxylic acids is 1. The number of ether oxygens (including phenoxy) is 2. The highest BCUT2D eigenvalue weighted by atomic mass is 79.9. The largest absolute Gasteiger partial charge is 0.502 e. The van der Waals surface area contributed by atoms with Gasteiger partial charge in [0.1, 0.15) is 5.75 Å². The zero-order valence-corrected chi connectivity index (χ0v) is 21.8. The van der Waals surface area contributed by atoms with E-state index in [4.69, 9.17) is 9.47 Å². The molecule has 36 heavy (non-hydrogen) atoms. The summed E-state index contributed by atoms with van der Waals surface area (Å²) in [6, 6.07) is 8.77. The van der Waals surface area contributed by atoms with Crippen LogP contribution in [0.25, 0.3) is 6.08 Å². The molecule has 10 nitrogen and oxygen atoms in total. The molecule has 0 saturated carbocycles. The molecule has 0 aliphatic carbocycles. The number of hydrogen-bond acceptors (Lipinski definition) is 9. The molecule has 0 bridgehead atoms. The Balaban J connectivity index is 1.97. The number of thiazole rings is 1. The van der Waals surface area contributed by atoms with Gasteiger partial charge in [0, 0.05) is 16.1 Å². The number of esters is 1. The van der Waals surface area contributed by atoms with E-state index in [-0.39, 0.29) is 22.3 Å². The van der Waals surface area contributed by atoms with Crippen molar-refractivity contribution in [2.75, 3.05) is 13.7 Å². The van der Waals surface area contributed by atoms with Crippen LogP contribution in [-0.2, 0) is 9.53 Å². The van der Waals surface area contributed by atoms with Gasteiger partial charge in [0.15, 0.2) is 4.80 Å². The lowest BCUT2D eigenvalue weighted by Gasteiger charge is -2.24. The van der Waals surface area contributed by atoms with Crippen LogP contribution in [0.3, 0.4) is 0 Å². The Morgan fingerprint density at radius 2 is 2.03 bits per heavy atom. The van der Waals surface area contributed by atoms with Crippen LogP contribution in [-0.4, -0.2) is 34.3 Å². The van der Waals surface area contributed by atoms with E-state index in [9.17, 15) is 24.8 Å². The summed E-state index contributed by atoms with van der Waals surface area (Å²) < 4.78 is 12.4. The molecule has 1 aliphatic heterocycles. The summed E-state index contributed by atoms with van der Waals surface area (Å²) in [4.78, 5) is 42.0. The molecular weight excluding hydrogens is 554 g/mol. The van der Waals surface area contributed by atoms with E-state index in [0.29, 0.717) is 26.3 Å². The van der Waals surface area contributed by atoms with Gasteiger partial charge in [0.05, 0.1) is 40.5 Å². The number of nitro benzene ring substituents is 1. The highest BCUT2D eigenvalue weighted by molar-refractivity contribution is 9.10. The van der Waals surface area contributed by atoms with E-state index in [0.717, 1.165) is 11.3 Å². The molecule has 12 heteroatoms. The van der Waals surface area contributed by atoms with Crippen molar-refractivity contribution in [2.45, 2.75) is 19.9 Å². The summed E-state index contributed by atoms with van der Waals surface area (Å²) in [5.74, 6) is -0.547. The summed E-state index contributed by atoms with van der Waals surface area (Å²) >= 11 is 4.24. The quantitative estimate of drug-likeness (QED) is 0.272. The van der Waals surface area contributed by atoms with Crippen LogP contribution >= 0.6 is 27.3 Å². The molecule has 1 aromatic heterocycles. The average Bonchev–Trinajstić information content (AvgIpc) is 3.14. The zero-order valence-electron chi connectivity index (χ0n) is 19.4. The lowest BCUT2D eigenvalue weighted by Crippen LogP contribution is -2.39. The Bertz CT molecular complexity index is 1590. The van der Waals surface area contributed by atoms with Crippen molar-refractivity contribution in [3.8, 4) is 11.5 Å². The number of allylic oxidation sites excluding steroid dienone is 1. The first kappa shape index (κ1) is 25.3. The Labute approximate surface area is 216 Å². The second kappa shape index (κ2) is 10.1. The number of phenolic OH excluding ortho intramolecular Hbond substituents is 1. The number of rotatable bonds is 6. The second-order valence-corrected chi connectivity index (χ2v) is 9.62. The molecule has 0 spiro atoms. The van der Waals surface area contributed by atoms with Crippen molar-refractivity contribution in [2.24, 2.45) is 4.99 Å². The van der Waals surface area contributed by atoms with Crippen molar-refractivity contribution < 1.29 is 24.3 Å². The number of halogens is 1. The van der Waals surface area contributed by atoms with Crippen molar-refractivity contribution in [1.82, 2.24) is 4.57 Å². The van der Waals surface area contributed by atoms with E-state index in [2.05, 4.69) is 20.9 Å². The van der Waals surface area contributed by atoms with Crippen molar-refractivity contribution in [1.29, 1.82) is 0 Å². The molecule has 186 valence electrons. The van der Waals surface area contributed by atoms with Crippen LogP contribution in [0.5, 0.6) is 11.5 Å². The van der Waals surface area contributed by atoms with Gasteiger partial charge in [-0.2, -0.15) is 0 Å². The monoisotopic (exact) mass is 573 g/mol. The van der Waals surface area contributed by atoms with E-state index < -0.39 is 33.9 Å². The van der Waals surface area contributed by atoms with Gasteiger partial charge >= 0.3 is 11.7 Å². The van der Waals surface area contributed by atoms with Gasteiger partial charge in [0.25, 0.3) is 5.56 Å².